The summed E-state index contributed by atoms with van der Waals surface area (Å²) in [6.45, 7) is 7.40. The van der Waals surface area contributed by atoms with Crippen molar-refractivity contribution in [2.45, 2.75) is 38.6 Å². The first-order valence-electron chi connectivity index (χ1n) is 10.5. The van der Waals surface area contributed by atoms with Crippen molar-refractivity contribution in [3.63, 3.8) is 0 Å². The molecule has 0 radical (unpaired) electrons. The van der Waals surface area contributed by atoms with E-state index in [9.17, 15) is 19.7 Å². The summed E-state index contributed by atoms with van der Waals surface area (Å²) in [6.07, 6.45) is 0. The summed E-state index contributed by atoms with van der Waals surface area (Å²) in [6, 6.07) is 9.67. The van der Waals surface area contributed by atoms with Crippen LogP contribution in [0.4, 0.5) is 4.39 Å². The monoisotopic (exact) mass is 478 g/mol. The van der Waals surface area contributed by atoms with E-state index in [0.29, 0.717) is 16.2 Å². The number of nitrogens with two attached hydrogens (primary N) is 1. The molecule has 0 saturated heterocycles. The molecule has 174 valence electrons. The van der Waals surface area contributed by atoms with Crippen molar-refractivity contribution >= 4 is 17.7 Å². The zero-order chi connectivity index (χ0) is 25.0. The van der Waals surface area contributed by atoms with E-state index in [-0.39, 0.29) is 35.1 Å². The number of ether oxygens (including phenoxy) is 2. The van der Waals surface area contributed by atoms with Gasteiger partial charge in [0, 0.05) is 5.69 Å². The Kier molecular flexibility index (Phi) is 7.60. The third-order valence-corrected chi connectivity index (χ3v) is 6.59. The van der Waals surface area contributed by atoms with Gasteiger partial charge in [-0.2, -0.15) is 10.5 Å². The first-order valence-corrected chi connectivity index (χ1v) is 11.5. The van der Waals surface area contributed by atoms with Crippen LogP contribution in [0.5, 0.6) is 0 Å². The molecule has 2 heterocycles. The van der Waals surface area contributed by atoms with Gasteiger partial charge in [0.1, 0.15) is 34.3 Å². The lowest BCUT2D eigenvalue weighted by Crippen LogP contribution is -2.27. The van der Waals surface area contributed by atoms with E-state index in [0.717, 1.165) is 16.8 Å². The summed E-state index contributed by atoms with van der Waals surface area (Å²) < 4.78 is 24.6. The molecule has 0 bridgehead atoms. The molecule has 9 heteroatoms. The first-order chi connectivity index (χ1) is 16.2. The largest absolute Gasteiger partial charge is 0.463 e. The van der Waals surface area contributed by atoms with Crippen LogP contribution in [0.15, 0.2) is 52.1 Å². The number of nitrogens with zero attached hydrogens (tertiary/aromatic N) is 3. The van der Waals surface area contributed by atoms with Crippen LogP contribution in [-0.4, -0.2) is 23.3 Å². The molecule has 1 aromatic heterocycles. The smallest absolute Gasteiger partial charge is 0.338 e. The van der Waals surface area contributed by atoms with Crippen molar-refractivity contribution < 1.29 is 18.7 Å². The van der Waals surface area contributed by atoms with Gasteiger partial charge >= 0.3 is 5.97 Å². The van der Waals surface area contributed by atoms with Crippen molar-refractivity contribution in [2.24, 2.45) is 5.73 Å². The molecule has 1 aliphatic heterocycles. The van der Waals surface area contributed by atoms with Gasteiger partial charge in [-0.25, -0.2) is 14.2 Å². The van der Waals surface area contributed by atoms with Gasteiger partial charge in [0.2, 0.25) is 5.88 Å². The number of aromatic nitrogens is 1. The summed E-state index contributed by atoms with van der Waals surface area (Å²) >= 11 is 1.22. The second-order valence-corrected chi connectivity index (χ2v) is 8.53. The summed E-state index contributed by atoms with van der Waals surface area (Å²) in [4.78, 5) is 17.6. The molecule has 0 amide bonds. The van der Waals surface area contributed by atoms with Gasteiger partial charge in [-0.3, -0.25) is 0 Å². The van der Waals surface area contributed by atoms with E-state index in [2.05, 4.69) is 11.1 Å². The standard InChI is InChI=1S/C25H23FN4O3S/c1-5-32-25(31)22-20(12-34-24-18(10-27)14(3)13(2)15(4)30-24)33-23(29)19(11-28)21(22)16-6-8-17(26)9-7-16/h6-9,21H,5,12,29H2,1-4H3/t21-/m0/s1. The Balaban J connectivity index is 2.12. The van der Waals surface area contributed by atoms with Crippen LogP contribution in [-0.2, 0) is 14.3 Å². The van der Waals surface area contributed by atoms with Gasteiger partial charge in [-0.05, 0) is 56.5 Å². The van der Waals surface area contributed by atoms with Crippen molar-refractivity contribution in [3.05, 3.63) is 80.8 Å². The molecule has 0 fully saturated rings. The number of nitriles is 2. The normalized spacial score (nSPS) is 15.4. The Labute approximate surface area is 201 Å². The maximum atomic E-state index is 13.6. The van der Waals surface area contributed by atoms with E-state index < -0.39 is 17.7 Å². The molecule has 2 N–H and O–H groups in total. The van der Waals surface area contributed by atoms with E-state index in [1.54, 1.807) is 6.92 Å². The van der Waals surface area contributed by atoms with E-state index in [1.807, 2.05) is 26.8 Å². The molecule has 34 heavy (non-hydrogen) atoms. The van der Waals surface area contributed by atoms with Gasteiger partial charge in [-0.15, -0.1) is 0 Å². The molecule has 0 saturated carbocycles. The summed E-state index contributed by atoms with van der Waals surface area (Å²) in [7, 11) is 0. The van der Waals surface area contributed by atoms with E-state index in [4.69, 9.17) is 15.2 Å². The van der Waals surface area contributed by atoms with Crippen molar-refractivity contribution in [2.75, 3.05) is 12.4 Å². The molecule has 1 aliphatic rings. The highest BCUT2D eigenvalue weighted by atomic mass is 32.2. The Morgan fingerprint density at radius 2 is 1.88 bits per heavy atom. The predicted octanol–water partition coefficient (Wildman–Crippen LogP) is 4.43. The topological polar surface area (TPSA) is 122 Å². The maximum absolute atomic E-state index is 13.6. The average molecular weight is 479 g/mol. The molecule has 7 nitrogen and oxygen atoms in total. The number of aryl methyl sites for hydroxylation is 1. The molecule has 0 unspecified atom stereocenters. The highest BCUT2D eigenvalue weighted by Crippen LogP contribution is 2.41. The zero-order valence-corrected chi connectivity index (χ0v) is 20.0. The number of allylic oxidation sites excluding steroid dienone is 1. The molecular weight excluding hydrogens is 455 g/mol. The van der Waals surface area contributed by atoms with Crippen molar-refractivity contribution in [3.8, 4) is 12.1 Å². The minimum Gasteiger partial charge on any atom is -0.463 e. The Bertz CT molecular complexity index is 1290. The average Bonchev–Trinajstić information content (AvgIpc) is 2.81. The fourth-order valence-corrected chi connectivity index (χ4v) is 4.65. The summed E-state index contributed by atoms with van der Waals surface area (Å²) in [5, 5.41) is 19.9. The number of rotatable bonds is 6. The molecule has 0 spiro atoms. The van der Waals surface area contributed by atoms with Crippen LogP contribution in [0.25, 0.3) is 0 Å². The number of carbonyl (C=O) groups is 1. The van der Waals surface area contributed by atoms with Crippen LogP contribution in [0.1, 0.15) is 40.8 Å². The van der Waals surface area contributed by atoms with Gasteiger partial charge < -0.3 is 15.2 Å². The number of carbonyl (C=O) groups excluding carboxylic acids is 1. The molecule has 3 rings (SSSR count). The van der Waals surface area contributed by atoms with Crippen LogP contribution < -0.4 is 5.73 Å². The van der Waals surface area contributed by atoms with Gasteiger partial charge in [0.05, 0.1) is 29.4 Å². The fourth-order valence-electron chi connectivity index (χ4n) is 3.63. The number of hydrogen-bond acceptors (Lipinski definition) is 8. The fraction of sp³-hybridized carbons (Fsp3) is 0.280. The number of thioether (sulfide) groups is 1. The zero-order valence-electron chi connectivity index (χ0n) is 19.2. The van der Waals surface area contributed by atoms with E-state index >= 15 is 0 Å². The Morgan fingerprint density at radius 1 is 1.21 bits per heavy atom. The van der Waals surface area contributed by atoms with Crippen LogP contribution >= 0.6 is 11.8 Å². The third-order valence-electron chi connectivity index (χ3n) is 5.61. The van der Waals surface area contributed by atoms with Crippen LogP contribution in [0.3, 0.4) is 0 Å². The maximum Gasteiger partial charge on any atom is 0.338 e. The SMILES string of the molecule is CCOC(=O)C1=C(CSc2nc(C)c(C)c(C)c2C#N)OC(N)=C(C#N)[C@@H]1c1ccc(F)cc1. The number of benzene rings is 1. The second-order valence-electron chi connectivity index (χ2n) is 7.56. The number of halogens is 1. The van der Waals surface area contributed by atoms with Gasteiger partial charge in [0.25, 0.3) is 0 Å². The number of esters is 1. The summed E-state index contributed by atoms with van der Waals surface area (Å²) in [5.41, 5.74) is 9.69. The predicted molar refractivity (Wildman–Crippen MR) is 125 cm³/mol. The third kappa shape index (κ3) is 4.75. The Hall–Kier alpha value is -3.82. The summed E-state index contributed by atoms with van der Waals surface area (Å²) in [5.74, 6) is -1.87. The molecule has 2 aromatic rings. The van der Waals surface area contributed by atoms with E-state index in [1.165, 1.54) is 36.0 Å². The molecular formula is C25H23FN4O3S. The van der Waals surface area contributed by atoms with Crippen molar-refractivity contribution in [1.29, 1.82) is 10.5 Å². The highest BCUT2D eigenvalue weighted by Gasteiger charge is 2.37. The lowest BCUT2D eigenvalue weighted by Gasteiger charge is -2.28. The number of hydrogen-bond donors (Lipinski definition) is 1. The highest BCUT2D eigenvalue weighted by molar-refractivity contribution is 7.99. The molecule has 1 atom stereocenters. The minimum atomic E-state index is -0.890. The van der Waals surface area contributed by atoms with Gasteiger partial charge in [0.15, 0.2) is 0 Å². The molecule has 1 aromatic carbocycles. The second kappa shape index (κ2) is 10.4. The Morgan fingerprint density at radius 3 is 2.47 bits per heavy atom. The van der Waals surface area contributed by atoms with Crippen LogP contribution in [0.2, 0.25) is 0 Å². The van der Waals surface area contributed by atoms with Gasteiger partial charge in [-0.1, -0.05) is 23.9 Å². The minimum absolute atomic E-state index is 0.0290. The van der Waals surface area contributed by atoms with Crippen LogP contribution in [0, 0.1) is 49.3 Å². The lowest BCUT2D eigenvalue weighted by molar-refractivity contribution is -0.139. The first kappa shape index (κ1) is 24.8. The molecule has 0 aliphatic carbocycles. The lowest BCUT2D eigenvalue weighted by atomic mass is 9.83. The number of pyridine rings is 1. The van der Waals surface area contributed by atoms with Crippen molar-refractivity contribution in [1.82, 2.24) is 4.98 Å². The quantitative estimate of drug-likeness (QED) is 0.478.